The number of carbonyl (C=O) groups excluding carboxylic acids is 2. The summed E-state index contributed by atoms with van der Waals surface area (Å²) in [5, 5.41) is 5.68. The zero-order chi connectivity index (χ0) is 28.2. The highest BCUT2D eigenvalue weighted by molar-refractivity contribution is 7.91. The van der Waals surface area contributed by atoms with E-state index in [4.69, 9.17) is 9.47 Å². The van der Waals surface area contributed by atoms with Gasteiger partial charge in [-0.05, 0) is 76.2 Å². The molecule has 2 heterocycles. The van der Waals surface area contributed by atoms with Crippen molar-refractivity contribution >= 4 is 33.0 Å². The SMILES string of the molecule is CC1COCC(C)N1CC(=O)Nc1ccc(S(=O)(=O)c2ccc(NC(=O)CN3C(C)COCC3C)cc2)cc1. The number of hydrogen-bond donors (Lipinski definition) is 2. The summed E-state index contributed by atoms with van der Waals surface area (Å²) < 4.78 is 37.3. The molecule has 0 saturated carbocycles. The van der Waals surface area contributed by atoms with Gasteiger partial charge in [-0.2, -0.15) is 0 Å². The lowest BCUT2D eigenvalue weighted by molar-refractivity contribution is -0.122. The Morgan fingerprint density at radius 3 is 1.28 bits per heavy atom. The molecule has 11 heteroatoms. The molecule has 2 N–H and O–H groups in total. The number of benzene rings is 2. The van der Waals surface area contributed by atoms with Gasteiger partial charge in [-0.1, -0.05) is 0 Å². The van der Waals surface area contributed by atoms with Crippen molar-refractivity contribution in [1.29, 1.82) is 0 Å². The highest BCUT2D eigenvalue weighted by Gasteiger charge is 2.28. The summed E-state index contributed by atoms with van der Waals surface area (Å²) in [5.74, 6) is -0.331. The van der Waals surface area contributed by atoms with Gasteiger partial charge < -0.3 is 20.1 Å². The Morgan fingerprint density at radius 2 is 0.974 bits per heavy atom. The van der Waals surface area contributed by atoms with E-state index in [0.29, 0.717) is 37.8 Å². The average molecular weight is 559 g/mol. The van der Waals surface area contributed by atoms with E-state index in [0.717, 1.165) is 0 Å². The minimum Gasteiger partial charge on any atom is -0.378 e. The van der Waals surface area contributed by atoms with Gasteiger partial charge in [-0.3, -0.25) is 19.4 Å². The summed E-state index contributed by atoms with van der Waals surface area (Å²) in [6, 6.07) is 12.8. The van der Waals surface area contributed by atoms with Crippen LogP contribution in [0.4, 0.5) is 11.4 Å². The van der Waals surface area contributed by atoms with E-state index in [9.17, 15) is 18.0 Å². The molecular formula is C28H38N4O6S. The van der Waals surface area contributed by atoms with Crippen LogP contribution >= 0.6 is 0 Å². The van der Waals surface area contributed by atoms with E-state index in [-0.39, 0.29) is 58.9 Å². The highest BCUT2D eigenvalue weighted by atomic mass is 32.2. The first kappa shape index (κ1) is 29.2. The van der Waals surface area contributed by atoms with Crippen LogP contribution in [0.15, 0.2) is 58.3 Å². The van der Waals surface area contributed by atoms with Crippen molar-refractivity contribution in [3.63, 3.8) is 0 Å². The van der Waals surface area contributed by atoms with E-state index in [1.54, 1.807) is 24.3 Å². The van der Waals surface area contributed by atoms with Crippen LogP contribution in [0.2, 0.25) is 0 Å². The number of morpholine rings is 2. The van der Waals surface area contributed by atoms with Crippen molar-refractivity contribution in [2.24, 2.45) is 0 Å². The van der Waals surface area contributed by atoms with Crippen LogP contribution in [-0.4, -0.2) is 93.7 Å². The average Bonchev–Trinajstić information content (AvgIpc) is 2.89. The van der Waals surface area contributed by atoms with E-state index in [1.807, 2.05) is 27.7 Å². The summed E-state index contributed by atoms with van der Waals surface area (Å²) in [6.45, 7) is 10.9. The number of anilines is 2. The van der Waals surface area contributed by atoms with E-state index in [1.165, 1.54) is 24.3 Å². The number of nitrogens with zero attached hydrogens (tertiary/aromatic N) is 2. The molecule has 2 fully saturated rings. The molecule has 2 saturated heterocycles. The molecule has 212 valence electrons. The monoisotopic (exact) mass is 558 g/mol. The van der Waals surface area contributed by atoms with Crippen molar-refractivity contribution in [3.8, 4) is 0 Å². The summed E-state index contributed by atoms with van der Waals surface area (Å²) in [7, 11) is -3.77. The molecule has 2 aromatic rings. The van der Waals surface area contributed by atoms with Crippen LogP contribution in [0, 0.1) is 0 Å². The molecular weight excluding hydrogens is 520 g/mol. The summed E-state index contributed by atoms with van der Waals surface area (Å²) in [6.07, 6.45) is 0. The third-order valence-corrected chi connectivity index (χ3v) is 9.04. The summed E-state index contributed by atoms with van der Waals surface area (Å²) >= 11 is 0. The molecule has 2 amide bonds. The molecule has 4 unspecified atom stereocenters. The molecule has 2 aliphatic heterocycles. The Balaban J connectivity index is 1.34. The first-order valence-electron chi connectivity index (χ1n) is 13.3. The van der Waals surface area contributed by atoms with Gasteiger partial charge in [0.15, 0.2) is 0 Å². The van der Waals surface area contributed by atoms with Crippen molar-refractivity contribution in [2.45, 2.75) is 61.7 Å². The maximum atomic E-state index is 13.2. The number of carbonyl (C=O) groups is 2. The number of amides is 2. The number of sulfone groups is 1. The lowest BCUT2D eigenvalue weighted by Crippen LogP contribution is -2.52. The van der Waals surface area contributed by atoms with Crippen LogP contribution in [-0.2, 0) is 28.9 Å². The van der Waals surface area contributed by atoms with Gasteiger partial charge in [0.2, 0.25) is 21.7 Å². The Kier molecular flexibility index (Phi) is 9.39. The molecule has 0 spiro atoms. The molecule has 0 bridgehead atoms. The highest BCUT2D eigenvalue weighted by Crippen LogP contribution is 2.24. The van der Waals surface area contributed by atoms with Crippen LogP contribution in [0.3, 0.4) is 0 Å². The molecule has 10 nitrogen and oxygen atoms in total. The van der Waals surface area contributed by atoms with Crippen LogP contribution in [0.5, 0.6) is 0 Å². The Bertz CT molecular complexity index is 1140. The lowest BCUT2D eigenvalue weighted by Gasteiger charge is -2.38. The number of rotatable bonds is 8. The van der Waals surface area contributed by atoms with Crippen LogP contribution < -0.4 is 10.6 Å². The maximum absolute atomic E-state index is 13.2. The smallest absolute Gasteiger partial charge is 0.238 e. The molecule has 0 aliphatic carbocycles. The van der Waals surface area contributed by atoms with Crippen molar-refractivity contribution in [3.05, 3.63) is 48.5 Å². The molecule has 4 rings (SSSR count). The second-order valence-electron chi connectivity index (χ2n) is 10.5. The minimum atomic E-state index is -3.77. The van der Waals surface area contributed by atoms with E-state index < -0.39 is 9.84 Å². The van der Waals surface area contributed by atoms with Gasteiger partial charge >= 0.3 is 0 Å². The molecule has 2 aromatic carbocycles. The van der Waals surface area contributed by atoms with Gasteiger partial charge in [0.25, 0.3) is 0 Å². The van der Waals surface area contributed by atoms with Gasteiger partial charge in [0, 0.05) is 35.5 Å². The van der Waals surface area contributed by atoms with Crippen LogP contribution in [0.1, 0.15) is 27.7 Å². The first-order chi connectivity index (χ1) is 18.5. The Morgan fingerprint density at radius 1 is 0.667 bits per heavy atom. The number of ether oxygens (including phenoxy) is 2. The third-order valence-electron chi connectivity index (χ3n) is 7.25. The van der Waals surface area contributed by atoms with Gasteiger partial charge in [0.05, 0.1) is 49.3 Å². The van der Waals surface area contributed by atoms with Gasteiger partial charge in [-0.15, -0.1) is 0 Å². The minimum absolute atomic E-state index is 0.114. The maximum Gasteiger partial charge on any atom is 0.238 e. The second kappa shape index (κ2) is 12.6. The van der Waals surface area contributed by atoms with E-state index >= 15 is 0 Å². The molecule has 0 aromatic heterocycles. The molecule has 39 heavy (non-hydrogen) atoms. The predicted octanol–water partition coefficient (Wildman–Crippen LogP) is 2.61. The predicted molar refractivity (Wildman–Crippen MR) is 148 cm³/mol. The van der Waals surface area contributed by atoms with Crippen molar-refractivity contribution < 1.29 is 27.5 Å². The fraction of sp³-hybridized carbons (Fsp3) is 0.500. The number of nitrogens with one attached hydrogen (secondary N) is 2. The normalized spacial score (nSPS) is 24.7. The molecule has 0 radical (unpaired) electrons. The zero-order valence-corrected chi connectivity index (χ0v) is 23.7. The van der Waals surface area contributed by atoms with Crippen molar-refractivity contribution in [1.82, 2.24) is 9.80 Å². The zero-order valence-electron chi connectivity index (χ0n) is 22.9. The summed E-state index contributed by atoms with van der Waals surface area (Å²) in [5.41, 5.74) is 1.05. The fourth-order valence-electron chi connectivity index (χ4n) is 5.00. The number of hydrogen-bond acceptors (Lipinski definition) is 8. The molecule has 4 atom stereocenters. The lowest BCUT2D eigenvalue weighted by atomic mass is 10.1. The molecule has 2 aliphatic rings. The van der Waals surface area contributed by atoms with Crippen LogP contribution in [0.25, 0.3) is 0 Å². The van der Waals surface area contributed by atoms with E-state index in [2.05, 4.69) is 20.4 Å². The summed E-state index contributed by atoms with van der Waals surface area (Å²) in [4.78, 5) is 29.6. The van der Waals surface area contributed by atoms with Crippen molar-refractivity contribution in [2.75, 3.05) is 50.2 Å². The second-order valence-corrected chi connectivity index (χ2v) is 12.4. The fourth-order valence-corrected chi connectivity index (χ4v) is 6.26. The standard InChI is InChI=1S/C28H38N4O6S/c1-19-15-37-16-20(2)31(19)13-27(33)29-23-5-9-25(10-6-23)39(35,36)26-11-7-24(8-12-26)30-28(34)14-32-21(3)17-38-18-22(32)4/h5-12,19-22H,13-18H2,1-4H3,(H,29,33)(H,30,34). The van der Waals surface area contributed by atoms with Gasteiger partial charge in [0.1, 0.15) is 0 Å². The first-order valence-corrected chi connectivity index (χ1v) is 14.7. The van der Waals surface area contributed by atoms with Gasteiger partial charge in [-0.25, -0.2) is 8.42 Å². The Labute approximate surface area is 230 Å². The largest absolute Gasteiger partial charge is 0.378 e. The quantitative estimate of drug-likeness (QED) is 0.508. The topological polar surface area (TPSA) is 117 Å². The Hall–Kier alpha value is -2.83. The third kappa shape index (κ3) is 7.23.